The molecule has 0 aliphatic rings. The van der Waals surface area contributed by atoms with E-state index in [-0.39, 0.29) is 6.04 Å². The molecule has 0 radical (unpaired) electrons. The lowest BCUT2D eigenvalue weighted by molar-refractivity contribution is 0.191. The first-order valence-electron chi connectivity index (χ1n) is 6.64. The van der Waals surface area contributed by atoms with Crippen LogP contribution >= 0.6 is 0 Å². The topological polar surface area (TPSA) is 60.6 Å². The van der Waals surface area contributed by atoms with Gasteiger partial charge < -0.3 is 20.1 Å². The molecule has 0 aliphatic heterocycles. The van der Waals surface area contributed by atoms with Crippen molar-refractivity contribution in [3.8, 4) is 0 Å². The summed E-state index contributed by atoms with van der Waals surface area (Å²) in [4.78, 5) is 6.69. The minimum absolute atomic E-state index is 0.0313. The van der Waals surface area contributed by atoms with Crippen molar-refractivity contribution < 1.29 is 9.47 Å². The van der Waals surface area contributed by atoms with E-state index >= 15 is 0 Å². The Balaban J connectivity index is 2.82. The smallest absolute Gasteiger partial charge is 0.133 e. The van der Waals surface area contributed by atoms with Crippen molar-refractivity contribution in [3.63, 3.8) is 0 Å². The second-order valence-corrected chi connectivity index (χ2v) is 4.53. The van der Waals surface area contributed by atoms with Crippen LogP contribution in [0.15, 0.2) is 18.3 Å². The molecule has 1 heterocycles. The molecule has 5 nitrogen and oxygen atoms in total. The van der Waals surface area contributed by atoms with E-state index in [0.717, 1.165) is 37.5 Å². The summed E-state index contributed by atoms with van der Waals surface area (Å²) in [5.74, 6) is 0.950. The molecule has 0 unspecified atom stereocenters. The summed E-state index contributed by atoms with van der Waals surface area (Å²) in [6.07, 6.45) is 2.76. The molecule has 1 rings (SSSR count). The molecule has 1 atom stereocenters. The van der Waals surface area contributed by atoms with Gasteiger partial charge in [0.05, 0.1) is 6.61 Å². The van der Waals surface area contributed by atoms with Crippen molar-refractivity contribution >= 4 is 5.82 Å². The van der Waals surface area contributed by atoms with Crippen LogP contribution in [0.1, 0.15) is 24.9 Å². The largest absolute Gasteiger partial charge is 0.385 e. The lowest BCUT2D eigenvalue weighted by atomic mass is 10.1. The van der Waals surface area contributed by atoms with E-state index in [9.17, 15) is 0 Å². The zero-order valence-electron chi connectivity index (χ0n) is 12.1. The molecule has 108 valence electrons. The molecule has 0 amide bonds. The maximum Gasteiger partial charge on any atom is 0.133 e. The van der Waals surface area contributed by atoms with E-state index in [2.05, 4.69) is 9.88 Å². The van der Waals surface area contributed by atoms with Crippen molar-refractivity contribution in [2.24, 2.45) is 5.73 Å². The van der Waals surface area contributed by atoms with Gasteiger partial charge >= 0.3 is 0 Å². The number of methoxy groups -OCH3 is 2. The van der Waals surface area contributed by atoms with Gasteiger partial charge in [0, 0.05) is 51.7 Å². The molecule has 0 spiro atoms. The van der Waals surface area contributed by atoms with E-state index in [0.29, 0.717) is 6.61 Å². The molecule has 1 aromatic rings. The van der Waals surface area contributed by atoms with Gasteiger partial charge in [0.1, 0.15) is 5.82 Å². The van der Waals surface area contributed by atoms with Gasteiger partial charge in [0.15, 0.2) is 0 Å². The molecule has 0 aliphatic carbocycles. The van der Waals surface area contributed by atoms with E-state index in [1.807, 2.05) is 19.1 Å². The van der Waals surface area contributed by atoms with Gasteiger partial charge in [-0.05, 0) is 19.4 Å². The molecule has 0 saturated heterocycles. The summed E-state index contributed by atoms with van der Waals surface area (Å²) < 4.78 is 10.3. The summed E-state index contributed by atoms with van der Waals surface area (Å²) in [5.41, 5.74) is 7.08. The van der Waals surface area contributed by atoms with Crippen molar-refractivity contribution in [2.45, 2.75) is 19.4 Å². The zero-order chi connectivity index (χ0) is 14.1. The highest BCUT2D eigenvalue weighted by Crippen LogP contribution is 2.22. The molecule has 0 bridgehead atoms. The Hall–Kier alpha value is -1.17. The van der Waals surface area contributed by atoms with Crippen molar-refractivity contribution in [1.29, 1.82) is 0 Å². The third kappa shape index (κ3) is 5.14. The van der Waals surface area contributed by atoms with Crippen LogP contribution in [0.5, 0.6) is 0 Å². The highest BCUT2D eigenvalue weighted by molar-refractivity contribution is 5.48. The molecular formula is C14H25N3O2. The molecule has 0 saturated carbocycles. The fraction of sp³-hybridized carbons (Fsp3) is 0.643. The Kier molecular flexibility index (Phi) is 7.40. The van der Waals surface area contributed by atoms with Crippen LogP contribution in [0.3, 0.4) is 0 Å². The Morgan fingerprint density at radius 3 is 2.63 bits per heavy atom. The van der Waals surface area contributed by atoms with Crippen LogP contribution < -0.4 is 10.6 Å². The minimum atomic E-state index is -0.0313. The predicted molar refractivity (Wildman–Crippen MR) is 77.4 cm³/mol. The molecule has 2 N–H and O–H groups in total. The molecule has 0 aromatic carbocycles. The number of pyridine rings is 1. The van der Waals surface area contributed by atoms with Gasteiger partial charge in [0.25, 0.3) is 0 Å². The maximum atomic E-state index is 6.01. The van der Waals surface area contributed by atoms with Gasteiger partial charge in [-0.3, -0.25) is 0 Å². The van der Waals surface area contributed by atoms with Crippen molar-refractivity contribution in [2.75, 3.05) is 45.4 Å². The monoisotopic (exact) mass is 267 g/mol. The highest BCUT2D eigenvalue weighted by Gasteiger charge is 2.14. The van der Waals surface area contributed by atoms with E-state index in [4.69, 9.17) is 15.2 Å². The summed E-state index contributed by atoms with van der Waals surface area (Å²) in [7, 11) is 3.42. The fourth-order valence-corrected chi connectivity index (χ4v) is 1.95. The van der Waals surface area contributed by atoms with E-state index in [1.54, 1.807) is 20.4 Å². The first-order chi connectivity index (χ1) is 9.20. The highest BCUT2D eigenvalue weighted by atomic mass is 16.5. The predicted octanol–water partition coefficient (Wildman–Crippen LogP) is 1.59. The average molecular weight is 267 g/mol. The third-order valence-corrected chi connectivity index (χ3v) is 2.95. The summed E-state index contributed by atoms with van der Waals surface area (Å²) in [6.45, 7) is 5.07. The number of anilines is 1. The van der Waals surface area contributed by atoms with Crippen molar-refractivity contribution in [1.82, 2.24) is 4.98 Å². The third-order valence-electron chi connectivity index (χ3n) is 2.95. The summed E-state index contributed by atoms with van der Waals surface area (Å²) in [5, 5.41) is 0. The van der Waals surface area contributed by atoms with Crippen LogP contribution in [0.4, 0.5) is 5.82 Å². The minimum Gasteiger partial charge on any atom is -0.385 e. The maximum absolute atomic E-state index is 6.01. The van der Waals surface area contributed by atoms with Gasteiger partial charge in [-0.25, -0.2) is 4.98 Å². The number of hydrogen-bond donors (Lipinski definition) is 1. The number of aromatic nitrogens is 1. The second-order valence-electron chi connectivity index (χ2n) is 4.53. The number of ether oxygens (including phenoxy) is 2. The second kappa shape index (κ2) is 8.85. The quantitative estimate of drug-likeness (QED) is 0.688. The van der Waals surface area contributed by atoms with Crippen LogP contribution in [0.2, 0.25) is 0 Å². The number of hydrogen-bond acceptors (Lipinski definition) is 5. The van der Waals surface area contributed by atoms with Crippen LogP contribution in [0, 0.1) is 0 Å². The van der Waals surface area contributed by atoms with E-state index < -0.39 is 0 Å². The number of nitrogens with two attached hydrogens (primary N) is 1. The molecule has 19 heavy (non-hydrogen) atoms. The lowest BCUT2D eigenvalue weighted by Crippen LogP contribution is -2.31. The number of nitrogens with zero attached hydrogens (tertiary/aromatic N) is 2. The number of rotatable bonds is 9. The summed E-state index contributed by atoms with van der Waals surface area (Å²) in [6, 6.07) is 3.92. The Morgan fingerprint density at radius 2 is 2.00 bits per heavy atom. The first-order valence-corrected chi connectivity index (χ1v) is 6.64. The Bertz CT molecular complexity index is 358. The van der Waals surface area contributed by atoms with Gasteiger partial charge in [-0.1, -0.05) is 6.07 Å². The van der Waals surface area contributed by atoms with Crippen LogP contribution in [-0.2, 0) is 9.47 Å². The molecule has 0 fully saturated rings. The Morgan fingerprint density at radius 1 is 1.26 bits per heavy atom. The summed E-state index contributed by atoms with van der Waals surface area (Å²) >= 11 is 0. The first kappa shape index (κ1) is 15.9. The molecule has 1 aromatic heterocycles. The SMILES string of the molecule is COCCCN(CCOC)c1ncccc1[C@H](C)N. The van der Waals surface area contributed by atoms with Gasteiger partial charge in [0.2, 0.25) is 0 Å². The van der Waals surface area contributed by atoms with Crippen molar-refractivity contribution in [3.05, 3.63) is 23.9 Å². The Labute approximate surface area is 115 Å². The normalized spacial score (nSPS) is 12.4. The lowest BCUT2D eigenvalue weighted by Gasteiger charge is -2.26. The molecule has 5 heteroatoms. The fourth-order valence-electron chi connectivity index (χ4n) is 1.95. The van der Waals surface area contributed by atoms with Gasteiger partial charge in [-0.2, -0.15) is 0 Å². The molecular weight excluding hydrogens is 242 g/mol. The van der Waals surface area contributed by atoms with E-state index in [1.165, 1.54) is 0 Å². The zero-order valence-corrected chi connectivity index (χ0v) is 12.1. The standard InChI is InChI=1S/C14H25N3O2/c1-12(15)13-6-4-7-16-14(13)17(9-11-19-3)8-5-10-18-2/h4,6-7,12H,5,8-11,15H2,1-3H3/t12-/m0/s1. The van der Waals surface area contributed by atoms with Gasteiger partial charge in [-0.15, -0.1) is 0 Å². The average Bonchev–Trinajstić information content (AvgIpc) is 2.42. The van der Waals surface area contributed by atoms with Crippen LogP contribution in [0.25, 0.3) is 0 Å². The van der Waals surface area contributed by atoms with Crippen LogP contribution in [-0.4, -0.2) is 45.5 Å².